The van der Waals surface area contributed by atoms with Crippen molar-refractivity contribution in [1.29, 1.82) is 0 Å². The van der Waals surface area contributed by atoms with Crippen LogP contribution in [0.25, 0.3) is 0 Å². The van der Waals surface area contributed by atoms with Gasteiger partial charge in [0.15, 0.2) is 0 Å². The Morgan fingerprint density at radius 3 is 1.91 bits per heavy atom. The number of benzene rings is 1. The predicted molar refractivity (Wildman–Crippen MR) is 246 cm³/mol. The number of rotatable bonds is 23. The Morgan fingerprint density at radius 2 is 1.33 bits per heavy atom. The van der Waals surface area contributed by atoms with Gasteiger partial charge in [-0.05, 0) is 123 Å². The van der Waals surface area contributed by atoms with Crippen molar-refractivity contribution in [3.8, 4) is 5.75 Å². The van der Waals surface area contributed by atoms with E-state index in [-0.39, 0.29) is 76.2 Å². The number of hydrogen-bond acceptors (Lipinski definition) is 9. The van der Waals surface area contributed by atoms with Crippen LogP contribution >= 0.6 is 0 Å². The number of nitrogens with zero attached hydrogens (tertiary/aromatic N) is 1. The Labute approximate surface area is 392 Å². The quantitative estimate of drug-likeness (QED) is 0.0456. The minimum absolute atomic E-state index is 0.00653. The molecule has 66 heavy (non-hydrogen) atoms. The molecule has 0 saturated heterocycles. The minimum Gasteiger partial charge on any atom is -0.463 e. The second-order valence-electron chi connectivity index (χ2n) is 20.9. The fraction of sp³-hybridized carbons (Fsp3) is 0.792. The number of hydrogen-bond donors (Lipinski definition) is 0. The molecular formula is C53H80F3NO9. The molecule has 0 aliphatic heterocycles. The van der Waals surface area contributed by atoms with E-state index >= 15 is 0 Å². The first-order valence-electron chi connectivity index (χ1n) is 25.6. The molecule has 4 saturated carbocycles. The lowest BCUT2D eigenvalue weighted by Crippen LogP contribution is -2.63. The summed E-state index contributed by atoms with van der Waals surface area (Å²) in [7, 11) is 0. The van der Waals surface area contributed by atoms with Crippen molar-refractivity contribution in [2.75, 3.05) is 13.1 Å². The van der Waals surface area contributed by atoms with Gasteiger partial charge in [0, 0.05) is 44.7 Å². The summed E-state index contributed by atoms with van der Waals surface area (Å²) in [6.45, 7) is 15.7. The van der Waals surface area contributed by atoms with E-state index in [0.717, 1.165) is 76.6 Å². The number of carbonyl (C=O) groups excluding carboxylic acids is 5. The molecule has 4 aliphatic carbocycles. The number of fused-ring (bicyclic) bond motifs is 5. The molecule has 0 spiro atoms. The fourth-order valence-electron chi connectivity index (χ4n) is 13.2. The molecule has 1 aromatic rings. The molecule has 4 aliphatic rings. The maximum atomic E-state index is 14.1. The monoisotopic (exact) mass is 932 g/mol. The van der Waals surface area contributed by atoms with Crippen molar-refractivity contribution >= 4 is 29.8 Å². The van der Waals surface area contributed by atoms with Crippen LogP contribution in [-0.2, 0) is 33.4 Å². The van der Waals surface area contributed by atoms with Gasteiger partial charge in [0.2, 0.25) is 5.91 Å². The molecular weight excluding hydrogens is 852 g/mol. The number of esters is 4. The van der Waals surface area contributed by atoms with E-state index in [2.05, 4.69) is 44.3 Å². The van der Waals surface area contributed by atoms with Crippen molar-refractivity contribution in [3.05, 3.63) is 29.8 Å². The first kappa shape index (κ1) is 53.3. The predicted octanol–water partition coefficient (Wildman–Crippen LogP) is 12.4. The summed E-state index contributed by atoms with van der Waals surface area (Å²) in [5.41, 5.74) is -0.590. The molecule has 11 atom stereocenters. The van der Waals surface area contributed by atoms with Crippen LogP contribution in [0.3, 0.4) is 0 Å². The third-order valence-electron chi connectivity index (χ3n) is 16.6. The summed E-state index contributed by atoms with van der Waals surface area (Å²) in [5, 5.41) is 0. The Balaban J connectivity index is 1.38. The molecule has 4 fully saturated rings. The smallest absolute Gasteiger partial charge is 0.463 e. The first-order chi connectivity index (χ1) is 31.3. The molecule has 1 amide bonds. The molecule has 0 aromatic heterocycles. The molecule has 10 nitrogen and oxygen atoms in total. The number of alkyl halides is 3. The summed E-state index contributed by atoms with van der Waals surface area (Å²) in [5.74, 6) is -3.55. The zero-order valence-corrected chi connectivity index (χ0v) is 41.0. The number of amides is 1. The van der Waals surface area contributed by atoms with Crippen molar-refractivity contribution in [2.45, 2.75) is 208 Å². The van der Waals surface area contributed by atoms with E-state index < -0.39 is 35.7 Å². The van der Waals surface area contributed by atoms with E-state index in [1.165, 1.54) is 77.3 Å². The zero-order valence-electron chi connectivity index (χ0n) is 41.0. The number of ether oxygens (including phenoxy) is 4. The maximum Gasteiger partial charge on any atom is 0.491 e. The molecule has 372 valence electrons. The van der Waals surface area contributed by atoms with Crippen LogP contribution in [0.15, 0.2) is 24.3 Å². The van der Waals surface area contributed by atoms with Crippen molar-refractivity contribution < 1.29 is 56.1 Å². The summed E-state index contributed by atoms with van der Waals surface area (Å²) < 4.78 is 61.8. The zero-order chi connectivity index (χ0) is 48.2. The average molecular weight is 932 g/mol. The average Bonchev–Trinajstić information content (AvgIpc) is 3.62. The molecule has 0 heterocycles. The van der Waals surface area contributed by atoms with Gasteiger partial charge < -0.3 is 23.8 Å². The van der Waals surface area contributed by atoms with E-state index in [0.29, 0.717) is 32.1 Å². The molecule has 5 rings (SSSR count). The minimum atomic E-state index is -5.17. The highest BCUT2D eigenvalue weighted by Crippen LogP contribution is 2.69. The van der Waals surface area contributed by atoms with Gasteiger partial charge in [-0.1, -0.05) is 98.8 Å². The number of carbonyl (C=O) groups is 5. The normalized spacial score (nSPS) is 29.7. The van der Waals surface area contributed by atoms with Crippen molar-refractivity contribution in [3.63, 3.8) is 0 Å². The van der Waals surface area contributed by atoms with Crippen LogP contribution in [0.2, 0.25) is 0 Å². The van der Waals surface area contributed by atoms with Gasteiger partial charge in [-0.15, -0.1) is 0 Å². The second kappa shape index (κ2) is 24.1. The molecule has 0 N–H and O–H groups in total. The third kappa shape index (κ3) is 13.3. The van der Waals surface area contributed by atoms with Crippen LogP contribution < -0.4 is 4.74 Å². The molecule has 0 bridgehead atoms. The van der Waals surface area contributed by atoms with Crippen LogP contribution in [0.4, 0.5) is 13.2 Å². The fourth-order valence-corrected chi connectivity index (χ4v) is 13.2. The first-order valence-corrected chi connectivity index (χ1v) is 25.6. The highest BCUT2D eigenvalue weighted by molar-refractivity contribution is 5.90. The second-order valence-corrected chi connectivity index (χ2v) is 20.9. The van der Waals surface area contributed by atoms with Crippen LogP contribution in [0.1, 0.15) is 194 Å². The molecule has 0 unspecified atom stereocenters. The lowest BCUT2D eigenvalue weighted by molar-refractivity contribution is -0.218. The number of halogens is 3. The summed E-state index contributed by atoms with van der Waals surface area (Å²) >= 11 is 0. The molecule has 13 heteroatoms. The SMILES string of the molecule is CCCCCCCCN(CCCCCCCC)C(=O)CC[C@@H](C)[C@H]1CC[C@H]2[C@@H]3[C@H](OC(=O)c4ccc(OC(=O)C(F)(F)F)cc4)C[C@@H]4C[C@H](OC(C)=O)CC[C@]4(C)[C@H]3C[C@H](OC(C)=O)[C@]12C. The van der Waals surface area contributed by atoms with E-state index in [1.807, 2.05) is 0 Å². The molecule has 0 radical (unpaired) electrons. The highest BCUT2D eigenvalue weighted by atomic mass is 19.4. The Morgan fingerprint density at radius 1 is 0.742 bits per heavy atom. The van der Waals surface area contributed by atoms with Gasteiger partial charge in [0.1, 0.15) is 24.1 Å². The van der Waals surface area contributed by atoms with Gasteiger partial charge >= 0.3 is 30.1 Å². The maximum absolute atomic E-state index is 14.1. The van der Waals surface area contributed by atoms with Gasteiger partial charge in [0.25, 0.3) is 0 Å². The van der Waals surface area contributed by atoms with Crippen LogP contribution in [0.5, 0.6) is 5.75 Å². The standard InChI is InChI=1S/C53H80F3NO9/c1-8-10-12-14-16-18-30-57(31-19-17-15-13-11-9-2)47(60)27-20-35(3)42-25-26-43-48-44(34-46(52(42,43)7)64-37(5)59)51(6)29-28-41(63-36(4)58)32-39(51)33-45(48)66-49(61)38-21-23-40(24-22-38)65-50(62)53(54,55)56/h21-24,35,39,41-46,48H,8-20,25-34H2,1-7H3/t35-,39+,41-,42-,43+,44+,45-,46+,48+,51+,52-/m1/s1. The lowest BCUT2D eigenvalue weighted by atomic mass is 9.43. The summed E-state index contributed by atoms with van der Waals surface area (Å²) in [6, 6.07) is 4.87. The summed E-state index contributed by atoms with van der Waals surface area (Å²) in [6.07, 6.45) is 13.8. The van der Waals surface area contributed by atoms with Crippen LogP contribution in [-0.4, -0.2) is 72.3 Å². The van der Waals surface area contributed by atoms with Gasteiger partial charge in [0.05, 0.1) is 5.56 Å². The van der Waals surface area contributed by atoms with Crippen molar-refractivity contribution in [1.82, 2.24) is 4.90 Å². The van der Waals surface area contributed by atoms with Gasteiger partial charge in [-0.3, -0.25) is 14.4 Å². The lowest BCUT2D eigenvalue weighted by Gasteiger charge is -2.64. The highest BCUT2D eigenvalue weighted by Gasteiger charge is 2.67. The largest absolute Gasteiger partial charge is 0.491 e. The summed E-state index contributed by atoms with van der Waals surface area (Å²) in [4.78, 5) is 66.8. The Kier molecular flexibility index (Phi) is 19.4. The Bertz CT molecular complexity index is 1750. The third-order valence-corrected chi connectivity index (χ3v) is 16.6. The van der Waals surface area contributed by atoms with E-state index in [1.54, 1.807) is 0 Å². The van der Waals surface area contributed by atoms with Gasteiger partial charge in [-0.2, -0.15) is 13.2 Å². The molecule has 1 aromatic carbocycles. The van der Waals surface area contributed by atoms with Gasteiger partial charge in [-0.25, -0.2) is 9.59 Å². The number of unbranched alkanes of at least 4 members (excludes halogenated alkanes) is 10. The van der Waals surface area contributed by atoms with Crippen molar-refractivity contribution in [2.24, 2.45) is 46.3 Å². The van der Waals surface area contributed by atoms with E-state index in [9.17, 15) is 37.1 Å². The van der Waals surface area contributed by atoms with E-state index in [4.69, 9.17) is 14.2 Å². The van der Waals surface area contributed by atoms with Crippen LogP contribution in [0, 0.1) is 46.3 Å². The topological polar surface area (TPSA) is 126 Å². The Hall–Kier alpha value is -3.64.